The summed E-state index contributed by atoms with van der Waals surface area (Å²) in [7, 11) is 1.94. The van der Waals surface area contributed by atoms with Gasteiger partial charge in [-0.25, -0.2) is 4.98 Å². The summed E-state index contributed by atoms with van der Waals surface area (Å²) in [6, 6.07) is 3.90. The molecule has 0 saturated heterocycles. The number of aromatic nitrogens is 4. The first kappa shape index (κ1) is 10.2. The van der Waals surface area contributed by atoms with Gasteiger partial charge in [-0.15, -0.1) is 5.10 Å². The molecule has 3 aromatic heterocycles. The Morgan fingerprint density at radius 3 is 2.94 bits per heavy atom. The molecular formula is C11H10N4OS. The summed E-state index contributed by atoms with van der Waals surface area (Å²) >= 11 is 1.36. The summed E-state index contributed by atoms with van der Waals surface area (Å²) in [5, 5.41) is 4.06. The molecule has 0 fully saturated rings. The van der Waals surface area contributed by atoms with Gasteiger partial charge in [-0.05, 0) is 25.1 Å². The van der Waals surface area contributed by atoms with Crippen LogP contribution in [0.15, 0.2) is 23.1 Å². The fourth-order valence-corrected chi connectivity index (χ4v) is 2.63. The Labute approximate surface area is 101 Å². The van der Waals surface area contributed by atoms with E-state index in [0.717, 1.165) is 5.69 Å². The van der Waals surface area contributed by atoms with Crippen molar-refractivity contribution >= 4 is 22.4 Å². The van der Waals surface area contributed by atoms with Crippen molar-refractivity contribution in [2.24, 2.45) is 7.05 Å². The molecule has 0 aliphatic rings. The van der Waals surface area contributed by atoms with Crippen LogP contribution in [0.25, 0.3) is 11.0 Å². The number of hydrogen-bond donors (Lipinski definition) is 0. The third-order valence-electron chi connectivity index (χ3n) is 2.55. The van der Waals surface area contributed by atoms with Gasteiger partial charge in [-0.1, -0.05) is 11.3 Å². The van der Waals surface area contributed by atoms with Crippen LogP contribution in [-0.4, -0.2) is 19.2 Å². The minimum Gasteiger partial charge on any atom is -0.351 e. The zero-order chi connectivity index (χ0) is 12.0. The lowest BCUT2D eigenvalue weighted by molar-refractivity contribution is 0.900. The molecule has 17 heavy (non-hydrogen) atoms. The molecule has 0 saturated carbocycles. The van der Waals surface area contributed by atoms with E-state index in [0.29, 0.717) is 15.3 Å². The van der Waals surface area contributed by atoms with Crippen LogP contribution in [0.2, 0.25) is 0 Å². The average Bonchev–Trinajstić information content (AvgIpc) is 2.90. The first-order valence-corrected chi connectivity index (χ1v) is 5.96. The van der Waals surface area contributed by atoms with Crippen molar-refractivity contribution in [2.45, 2.75) is 6.92 Å². The Kier molecular flexibility index (Phi) is 2.12. The van der Waals surface area contributed by atoms with Gasteiger partial charge in [0.15, 0.2) is 0 Å². The molecule has 6 heteroatoms. The van der Waals surface area contributed by atoms with E-state index in [-0.39, 0.29) is 5.56 Å². The van der Waals surface area contributed by atoms with Crippen LogP contribution in [0.3, 0.4) is 0 Å². The van der Waals surface area contributed by atoms with Gasteiger partial charge in [0, 0.05) is 18.9 Å². The van der Waals surface area contributed by atoms with Crippen LogP contribution in [0.5, 0.6) is 0 Å². The molecule has 0 unspecified atom stereocenters. The Morgan fingerprint density at radius 1 is 1.47 bits per heavy atom. The number of aryl methyl sites for hydroxylation is 2. The molecule has 0 atom stereocenters. The Balaban J connectivity index is 2.28. The summed E-state index contributed by atoms with van der Waals surface area (Å²) in [4.78, 5) is 16.8. The van der Waals surface area contributed by atoms with Crippen LogP contribution in [0.4, 0.5) is 0 Å². The zero-order valence-electron chi connectivity index (χ0n) is 9.41. The van der Waals surface area contributed by atoms with Crippen molar-refractivity contribution < 1.29 is 0 Å². The lowest BCUT2D eigenvalue weighted by Crippen LogP contribution is -2.24. The van der Waals surface area contributed by atoms with E-state index in [4.69, 9.17) is 0 Å². The molecule has 0 aliphatic heterocycles. The third kappa shape index (κ3) is 1.57. The minimum atomic E-state index is -0.105. The van der Waals surface area contributed by atoms with Gasteiger partial charge in [-0.3, -0.25) is 4.79 Å². The SMILES string of the molecule is Cc1nc2s/c(=C\c3cccn3C)c(=O)n2n1. The predicted molar refractivity (Wildman–Crippen MR) is 66.1 cm³/mol. The molecule has 86 valence electrons. The molecular weight excluding hydrogens is 236 g/mol. The minimum absolute atomic E-state index is 0.105. The Morgan fingerprint density at radius 2 is 2.29 bits per heavy atom. The van der Waals surface area contributed by atoms with Crippen molar-refractivity contribution in [3.05, 3.63) is 44.7 Å². The van der Waals surface area contributed by atoms with E-state index >= 15 is 0 Å². The van der Waals surface area contributed by atoms with Crippen LogP contribution >= 0.6 is 11.3 Å². The van der Waals surface area contributed by atoms with E-state index in [1.807, 2.05) is 36.0 Å². The molecule has 0 radical (unpaired) electrons. The summed E-state index contributed by atoms with van der Waals surface area (Å²) < 4.78 is 3.97. The molecule has 3 heterocycles. The highest BCUT2D eigenvalue weighted by Gasteiger charge is 2.07. The fourth-order valence-electron chi connectivity index (χ4n) is 1.69. The molecule has 3 rings (SSSR count). The zero-order valence-corrected chi connectivity index (χ0v) is 10.2. The Bertz CT molecular complexity index is 795. The highest BCUT2D eigenvalue weighted by molar-refractivity contribution is 7.15. The van der Waals surface area contributed by atoms with Crippen LogP contribution < -0.4 is 10.1 Å². The maximum Gasteiger partial charge on any atom is 0.291 e. The number of rotatable bonds is 1. The van der Waals surface area contributed by atoms with E-state index in [1.165, 1.54) is 15.9 Å². The van der Waals surface area contributed by atoms with Gasteiger partial charge in [-0.2, -0.15) is 4.52 Å². The smallest absolute Gasteiger partial charge is 0.291 e. The van der Waals surface area contributed by atoms with Crippen LogP contribution in [0.1, 0.15) is 11.5 Å². The van der Waals surface area contributed by atoms with Crippen molar-refractivity contribution in [2.75, 3.05) is 0 Å². The van der Waals surface area contributed by atoms with Gasteiger partial charge >= 0.3 is 0 Å². The monoisotopic (exact) mass is 246 g/mol. The van der Waals surface area contributed by atoms with Gasteiger partial charge in [0.1, 0.15) is 10.4 Å². The number of nitrogens with zero attached hydrogens (tertiary/aromatic N) is 4. The molecule has 0 N–H and O–H groups in total. The Hall–Kier alpha value is -1.95. The summed E-state index contributed by atoms with van der Waals surface area (Å²) in [5.41, 5.74) is 0.884. The van der Waals surface area contributed by atoms with Crippen LogP contribution in [0, 0.1) is 6.92 Å². The molecule has 0 spiro atoms. The number of hydrogen-bond acceptors (Lipinski definition) is 4. The molecule has 0 bridgehead atoms. The van der Waals surface area contributed by atoms with Gasteiger partial charge < -0.3 is 4.57 Å². The van der Waals surface area contributed by atoms with Gasteiger partial charge in [0.25, 0.3) is 5.56 Å². The second-order valence-electron chi connectivity index (χ2n) is 3.81. The predicted octanol–water partition coefficient (Wildman–Crippen LogP) is 0.346. The van der Waals surface area contributed by atoms with E-state index in [9.17, 15) is 4.79 Å². The maximum atomic E-state index is 12.0. The second kappa shape index (κ2) is 3.53. The second-order valence-corrected chi connectivity index (χ2v) is 4.82. The van der Waals surface area contributed by atoms with E-state index in [2.05, 4.69) is 10.1 Å². The molecule has 3 aromatic rings. The van der Waals surface area contributed by atoms with Crippen molar-refractivity contribution in [1.82, 2.24) is 19.2 Å². The first-order chi connectivity index (χ1) is 8.15. The average molecular weight is 246 g/mol. The normalized spacial score (nSPS) is 12.7. The third-order valence-corrected chi connectivity index (χ3v) is 3.51. The molecule has 0 aromatic carbocycles. The van der Waals surface area contributed by atoms with Crippen molar-refractivity contribution in [3.8, 4) is 0 Å². The lowest BCUT2D eigenvalue weighted by atomic mass is 10.4. The van der Waals surface area contributed by atoms with E-state index in [1.54, 1.807) is 6.92 Å². The summed E-state index contributed by atoms with van der Waals surface area (Å²) in [5.74, 6) is 0.624. The largest absolute Gasteiger partial charge is 0.351 e. The number of thiazole rings is 1. The standard InChI is InChI=1S/C11H10N4OS/c1-7-12-11-15(13-7)10(16)9(17-11)6-8-4-3-5-14(8)2/h3-6H,1-2H3/b9-6-. The quantitative estimate of drug-likeness (QED) is 0.622. The molecule has 0 aliphatic carbocycles. The molecule has 0 amide bonds. The maximum absolute atomic E-state index is 12.0. The lowest BCUT2D eigenvalue weighted by Gasteiger charge is -1.92. The van der Waals surface area contributed by atoms with Gasteiger partial charge in [0.05, 0.1) is 0 Å². The fraction of sp³-hybridized carbons (Fsp3) is 0.182. The molecule has 5 nitrogen and oxygen atoms in total. The van der Waals surface area contributed by atoms with E-state index < -0.39 is 0 Å². The first-order valence-electron chi connectivity index (χ1n) is 5.14. The van der Waals surface area contributed by atoms with Crippen molar-refractivity contribution in [1.29, 1.82) is 0 Å². The summed E-state index contributed by atoms with van der Waals surface area (Å²) in [6.07, 6.45) is 3.80. The highest BCUT2D eigenvalue weighted by atomic mass is 32.1. The topological polar surface area (TPSA) is 52.2 Å². The number of fused-ring (bicyclic) bond motifs is 1. The van der Waals surface area contributed by atoms with Crippen LogP contribution in [-0.2, 0) is 7.05 Å². The van der Waals surface area contributed by atoms with Gasteiger partial charge in [0.2, 0.25) is 4.96 Å². The summed E-state index contributed by atoms with van der Waals surface area (Å²) in [6.45, 7) is 1.78. The van der Waals surface area contributed by atoms with Crippen molar-refractivity contribution in [3.63, 3.8) is 0 Å². The highest BCUT2D eigenvalue weighted by Crippen LogP contribution is 2.03.